The summed E-state index contributed by atoms with van der Waals surface area (Å²) in [6.07, 6.45) is 0.942. The number of nitrogens with zero attached hydrogens (tertiary/aromatic N) is 3. The number of thiazole rings is 1. The van der Waals surface area contributed by atoms with Gasteiger partial charge in [0.1, 0.15) is 5.82 Å². The van der Waals surface area contributed by atoms with Gasteiger partial charge in [-0.15, -0.1) is 11.3 Å². The van der Waals surface area contributed by atoms with Crippen LogP contribution < -0.4 is 4.80 Å². The molecule has 0 N–H and O–H groups in total. The first-order chi connectivity index (χ1) is 10.5. The van der Waals surface area contributed by atoms with Crippen LogP contribution in [0.2, 0.25) is 0 Å². The van der Waals surface area contributed by atoms with Crippen LogP contribution in [0.25, 0.3) is 11.3 Å². The van der Waals surface area contributed by atoms with E-state index in [0.717, 1.165) is 28.2 Å². The fraction of sp³-hybridized carbons (Fsp3) is 0.412. The second-order valence-electron chi connectivity index (χ2n) is 5.63. The summed E-state index contributed by atoms with van der Waals surface area (Å²) >= 11 is 1.56. The predicted molar refractivity (Wildman–Crippen MR) is 91.8 cm³/mol. The van der Waals surface area contributed by atoms with Gasteiger partial charge in [0.2, 0.25) is 4.80 Å². The van der Waals surface area contributed by atoms with Crippen molar-refractivity contribution >= 4 is 17.0 Å². The first-order valence-corrected chi connectivity index (χ1v) is 8.40. The highest BCUT2D eigenvalue weighted by Crippen LogP contribution is 2.20. The van der Waals surface area contributed by atoms with Crippen molar-refractivity contribution in [3.05, 3.63) is 40.3 Å². The van der Waals surface area contributed by atoms with Crippen molar-refractivity contribution in [2.45, 2.75) is 34.1 Å². The van der Waals surface area contributed by atoms with E-state index in [1.165, 1.54) is 12.1 Å². The van der Waals surface area contributed by atoms with Crippen molar-refractivity contribution in [2.75, 3.05) is 6.54 Å². The maximum atomic E-state index is 13.1. The van der Waals surface area contributed by atoms with Crippen LogP contribution in [0.5, 0.6) is 0 Å². The Hall–Kier alpha value is -1.75. The number of aromatic nitrogens is 1. The molecule has 1 aromatic heterocycles. The Morgan fingerprint density at radius 2 is 1.95 bits per heavy atom. The van der Waals surface area contributed by atoms with Crippen LogP contribution >= 0.6 is 11.3 Å². The van der Waals surface area contributed by atoms with E-state index in [1.807, 2.05) is 23.9 Å². The standard InChI is InChI=1S/C17H22FN3S/c1-5-19-17-21(20-13(4)10-12(2)3)16(11-22-17)14-6-8-15(18)9-7-14/h6-9,11-12H,5,10H2,1-4H3. The fourth-order valence-electron chi connectivity index (χ4n) is 2.26. The molecule has 0 aliphatic rings. The number of rotatable bonds is 5. The molecule has 0 fully saturated rings. The average molecular weight is 319 g/mol. The van der Waals surface area contributed by atoms with Gasteiger partial charge in [0.15, 0.2) is 0 Å². The molecule has 0 radical (unpaired) electrons. The zero-order valence-electron chi connectivity index (χ0n) is 13.5. The Balaban J connectivity index is 2.52. The van der Waals surface area contributed by atoms with Gasteiger partial charge in [0, 0.05) is 23.2 Å². The van der Waals surface area contributed by atoms with Crippen LogP contribution in [-0.4, -0.2) is 16.9 Å². The lowest BCUT2D eigenvalue weighted by Gasteiger charge is -2.07. The molecule has 2 rings (SSSR count). The molecule has 22 heavy (non-hydrogen) atoms. The first kappa shape index (κ1) is 16.6. The van der Waals surface area contributed by atoms with Gasteiger partial charge in [-0.3, -0.25) is 4.99 Å². The molecule has 118 valence electrons. The summed E-state index contributed by atoms with van der Waals surface area (Å²) < 4.78 is 15.0. The third kappa shape index (κ3) is 4.13. The van der Waals surface area contributed by atoms with Crippen molar-refractivity contribution in [1.82, 2.24) is 4.68 Å². The minimum atomic E-state index is -0.233. The average Bonchev–Trinajstić information content (AvgIpc) is 2.82. The molecule has 2 aromatic rings. The third-order valence-electron chi connectivity index (χ3n) is 3.09. The SMILES string of the molecule is CCN=c1scc(-c2ccc(F)cc2)n1N=C(C)CC(C)C. The smallest absolute Gasteiger partial charge is 0.206 e. The molecular weight excluding hydrogens is 297 g/mol. The second kappa shape index (κ2) is 7.49. The lowest BCUT2D eigenvalue weighted by atomic mass is 10.1. The summed E-state index contributed by atoms with van der Waals surface area (Å²) in [7, 11) is 0. The molecule has 0 saturated carbocycles. The van der Waals surface area contributed by atoms with Crippen LogP contribution in [-0.2, 0) is 0 Å². The van der Waals surface area contributed by atoms with E-state index in [1.54, 1.807) is 23.5 Å². The summed E-state index contributed by atoms with van der Waals surface area (Å²) in [5.41, 5.74) is 2.95. The zero-order valence-corrected chi connectivity index (χ0v) is 14.3. The van der Waals surface area contributed by atoms with E-state index in [2.05, 4.69) is 18.8 Å². The van der Waals surface area contributed by atoms with Gasteiger partial charge in [0.25, 0.3) is 0 Å². The highest BCUT2D eigenvalue weighted by atomic mass is 32.1. The Labute approximate surface area is 134 Å². The lowest BCUT2D eigenvalue weighted by Crippen LogP contribution is -2.14. The number of hydrogen-bond acceptors (Lipinski definition) is 3. The van der Waals surface area contributed by atoms with E-state index in [-0.39, 0.29) is 5.82 Å². The minimum Gasteiger partial charge on any atom is -0.258 e. The van der Waals surface area contributed by atoms with Gasteiger partial charge < -0.3 is 0 Å². The summed E-state index contributed by atoms with van der Waals surface area (Å²) in [5.74, 6) is 0.326. The largest absolute Gasteiger partial charge is 0.258 e. The van der Waals surface area contributed by atoms with Crippen molar-refractivity contribution in [1.29, 1.82) is 0 Å². The van der Waals surface area contributed by atoms with Gasteiger partial charge in [-0.05, 0) is 50.5 Å². The first-order valence-electron chi connectivity index (χ1n) is 7.52. The highest BCUT2D eigenvalue weighted by Gasteiger charge is 2.08. The fourth-order valence-corrected chi connectivity index (χ4v) is 3.16. The zero-order chi connectivity index (χ0) is 16.1. The van der Waals surface area contributed by atoms with E-state index >= 15 is 0 Å². The molecule has 0 amide bonds. The Bertz CT molecular complexity index is 708. The van der Waals surface area contributed by atoms with Gasteiger partial charge in [-0.1, -0.05) is 13.8 Å². The lowest BCUT2D eigenvalue weighted by molar-refractivity contribution is 0.628. The molecule has 5 heteroatoms. The van der Waals surface area contributed by atoms with Crippen LogP contribution in [0.1, 0.15) is 34.1 Å². The van der Waals surface area contributed by atoms with Gasteiger partial charge in [-0.2, -0.15) is 5.10 Å². The van der Waals surface area contributed by atoms with Crippen molar-refractivity contribution < 1.29 is 4.39 Å². The molecule has 0 aliphatic heterocycles. The Kier molecular flexibility index (Phi) is 5.66. The monoisotopic (exact) mass is 319 g/mol. The summed E-state index contributed by atoms with van der Waals surface area (Å²) in [5, 5.41) is 6.75. The third-order valence-corrected chi connectivity index (χ3v) is 3.95. The van der Waals surface area contributed by atoms with E-state index in [9.17, 15) is 4.39 Å². The molecule has 1 heterocycles. The Morgan fingerprint density at radius 1 is 1.27 bits per heavy atom. The summed E-state index contributed by atoms with van der Waals surface area (Å²) in [6, 6.07) is 6.49. The normalized spacial score (nSPS) is 13.2. The topological polar surface area (TPSA) is 29.6 Å². The van der Waals surface area contributed by atoms with Gasteiger partial charge >= 0.3 is 0 Å². The summed E-state index contributed by atoms with van der Waals surface area (Å²) in [6.45, 7) is 9.11. The Morgan fingerprint density at radius 3 is 2.55 bits per heavy atom. The molecule has 0 unspecified atom stereocenters. The maximum absolute atomic E-state index is 13.1. The quantitative estimate of drug-likeness (QED) is 0.724. The minimum absolute atomic E-state index is 0.233. The molecule has 0 bridgehead atoms. The van der Waals surface area contributed by atoms with Crippen molar-refractivity contribution in [3.8, 4) is 11.3 Å². The molecule has 0 saturated heterocycles. The number of hydrogen-bond donors (Lipinski definition) is 0. The maximum Gasteiger partial charge on any atom is 0.206 e. The predicted octanol–water partition coefficient (Wildman–Crippen LogP) is 4.55. The highest BCUT2D eigenvalue weighted by molar-refractivity contribution is 7.07. The molecule has 0 aliphatic carbocycles. The molecule has 0 spiro atoms. The van der Waals surface area contributed by atoms with Crippen LogP contribution in [0.15, 0.2) is 39.7 Å². The van der Waals surface area contributed by atoms with Crippen LogP contribution in [0, 0.1) is 11.7 Å². The van der Waals surface area contributed by atoms with E-state index < -0.39 is 0 Å². The van der Waals surface area contributed by atoms with Gasteiger partial charge in [0.05, 0.1) is 5.69 Å². The van der Waals surface area contributed by atoms with Crippen molar-refractivity contribution in [2.24, 2.45) is 16.0 Å². The molecule has 0 atom stereocenters. The number of halogens is 1. The molecule has 3 nitrogen and oxygen atoms in total. The molecule has 1 aromatic carbocycles. The van der Waals surface area contributed by atoms with Crippen LogP contribution in [0.3, 0.4) is 0 Å². The molecular formula is C17H22FN3S. The summed E-state index contributed by atoms with van der Waals surface area (Å²) in [4.78, 5) is 5.37. The number of benzene rings is 1. The van der Waals surface area contributed by atoms with Gasteiger partial charge in [-0.25, -0.2) is 9.07 Å². The van der Waals surface area contributed by atoms with E-state index in [0.29, 0.717) is 12.5 Å². The van der Waals surface area contributed by atoms with E-state index in [4.69, 9.17) is 5.10 Å². The van der Waals surface area contributed by atoms with Crippen LogP contribution in [0.4, 0.5) is 4.39 Å². The second-order valence-corrected chi connectivity index (χ2v) is 6.47. The van der Waals surface area contributed by atoms with Crippen molar-refractivity contribution in [3.63, 3.8) is 0 Å².